The number of para-hydroxylation sites is 1. The van der Waals surface area contributed by atoms with Gasteiger partial charge < -0.3 is 29.4 Å². The number of hydrogen-bond acceptors (Lipinski definition) is 7. The Morgan fingerprint density at radius 3 is 2.40 bits per heavy atom. The van der Waals surface area contributed by atoms with Crippen molar-refractivity contribution in [3.8, 4) is 5.75 Å². The van der Waals surface area contributed by atoms with Gasteiger partial charge in [-0.25, -0.2) is 9.59 Å². The number of carbonyl (C=O) groups is 3. The Morgan fingerprint density at radius 1 is 1.06 bits per heavy atom. The second kappa shape index (κ2) is 10.3. The quantitative estimate of drug-likeness (QED) is 0.629. The minimum absolute atomic E-state index is 0.0594. The monoisotopic (exact) mass is 504 g/mol. The lowest BCUT2D eigenvalue weighted by Crippen LogP contribution is -2.54. The van der Waals surface area contributed by atoms with Gasteiger partial charge in [-0.05, 0) is 58.6 Å². The first-order valence-corrected chi connectivity index (χ1v) is 12.3. The molecule has 0 unspecified atom stereocenters. The van der Waals surface area contributed by atoms with Gasteiger partial charge in [0, 0.05) is 37.9 Å². The molecule has 10 nitrogen and oxygen atoms in total. The first-order valence-electron chi connectivity index (χ1n) is 11.9. The maximum atomic E-state index is 13.1. The maximum absolute atomic E-state index is 13.1. The van der Waals surface area contributed by atoms with Crippen molar-refractivity contribution < 1.29 is 28.7 Å². The number of hydroxylamine groups is 2. The molecule has 0 aliphatic carbocycles. The highest BCUT2D eigenvalue weighted by atomic mass is 32.1. The molecular weight excluding hydrogens is 472 g/mol. The van der Waals surface area contributed by atoms with E-state index in [9.17, 15) is 14.4 Å². The molecule has 0 aromatic heterocycles. The largest absolute Gasteiger partial charge is 0.444 e. The number of hydrogen-bond donors (Lipinski definition) is 1. The molecule has 3 aliphatic rings. The molecule has 3 saturated heterocycles. The van der Waals surface area contributed by atoms with Crippen LogP contribution in [-0.4, -0.2) is 81.5 Å². The number of piperidine rings is 2. The van der Waals surface area contributed by atoms with Crippen LogP contribution in [0.2, 0.25) is 0 Å². The zero-order valence-electron chi connectivity index (χ0n) is 20.3. The van der Waals surface area contributed by atoms with Gasteiger partial charge in [-0.15, -0.1) is 5.06 Å². The number of urea groups is 1. The van der Waals surface area contributed by atoms with Crippen LogP contribution in [0.1, 0.15) is 46.5 Å². The third-order valence-corrected chi connectivity index (χ3v) is 6.39. The SMILES string of the molecule is CC(C)(C)OC(=O)N1CCC(NC(=O)[C@@H]2CC[C@@H]3CN2C(=O)N3OC(=S)Oc2ccccc2)CC1. The normalized spacial score (nSPS) is 22.6. The summed E-state index contributed by atoms with van der Waals surface area (Å²) in [5, 5.41) is 4.12. The van der Waals surface area contributed by atoms with Gasteiger partial charge in [0.25, 0.3) is 0 Å². The number of carbonyl (C=O) groups excluding carboxylic acids is 3. The van der Waals surface area contributed by atoms with Gasteiger partial charge in [0.05, 0.1) is 6.04 Å². The van der Waals surface area contributed by atoms with E-state index in [4.69, 9.17) is 26.5 Å². The molecule has 3 heterocycles. The zero-order chi connectivity index (χ0) is 25.2. The highest BCUT2D eigenvalue weighted by Gasteiger charge is 2.49. The van der Waals surface area contributed by atoms with Gasteiger partial charge in [-0.1, -0.05) is 18.2 Å². The van der Waals surface area contributed by atoms with E-state index in [1.165, 1.54) is 9.96 Å². The number of likely N-dealkylation sites (tertiary alicyclic amines) is 1. The fraction of sp³-hybridized carbons (Fsp3) is 0.583. The average molecular weight is 505 g/mol. The van der Waals surface area contributed by atoms with Crippen LogP contribution in [0.4, 0.5) is 9.59 Å². The van der Waals surface area contributed by atoms with Crippen molar-refractivity contribution in [2.75, 3.05) is 19.6 Å². The molecule has 3 aliphatic heterocycles. The fourth-order valence-electron chi connectivity index (χ4n) is 4.54. The van der Waals surface area contributed by atoms with Crippen LogP contribution in [0.5, 0.6) is 5.75 Å². The van der Waals surface area contributed by atoms with Gasteiger partial charge in [-0.2, -0.15) is 0 Å². The van der Waals surface area contributed by atoms with E-state index in [2.05, 4.69) is 5.32 Å². The van der Waals surface area contributed by atoms with Crippen LogP contribution in [0.15, 0.2) is 30.3 Å². The number of thiocarbonyl (C=S) groups is 1. The van der Waals surface area contributed by atoms with Crippen LogP contribution in [0.3, 0.4) is 0 Å². The molecular formula is C24H32N4O6S. The molecule has 0 saturated carbocycles. The molecule has 4 rings (SSSR count). The number of benzene rings is 1. The van der Waals surface area contributed by atoms with Crippen molar-refractivity contribution in [1.29, 1.82) is 0 Å². The van der Waals surface area contributed by atoms with E-state index in [1.54, 1.807) is 17.0 Å². The van der Waals surface area contributed by atoms with Gasteiger partial charge in [0.2, 0.25) is 5.91 Å². The minimum atomic E-state index is -0.570. The van der Waals surface area contributed by atoms with Crippen LogP contribution in [-0.2, 0) is 14.4 Å². The maximum Gasteiger partial charge on any atom is 0.410 e. The van der Waals surface area contributed by atoms with Gasteiger partial charge in [-0.3, -0.25) is 4.79 Å². The van der Waals surface area contributed by atoms with E-state index in [1.807, 2.05) is 39.0 Å². The molecule has 4 amide bonds. The zero-order valence-corrected chi connectivity index (χ0v) is 21.1. The predicted octanol–water partition coefficient (Wildman–Crippen LogP) is 3.07. The van der Waals surface area contributed by atoms with Crippen molar-refractivity contribution in [2.24, 2.45) is 0 Å². The molecule has 3 fully saturated rings. The molecule has 0 radical (unpaired) electrons. The summed E-state index contributed by atoms with van der Waals surface area (Å²) in [4.78, 5) is 47.1. The summed E-state index contributed by atoms with van der Waals surface area (Å²) >= 11 is 5.16. The first-order chi connectivity index (χ1) is 16.6. The fourth-order valence-corrected chi connectivity index (χ4v) is 4.71. The van der Waals surface area contributed by atoms with E-state index >= 15 is 0 Å². The number of rotatable bonds is 4. The molecule has 1 aromatic carbocycles. The first kappa shape index (κ1) is 25.0. The Hall–Kier alpha value is -3.08. The number of nitrogens with zero attached hydrogens (tertiary/aromatic N) is 3. The van der Waals surface area contributed by atoms with E-state index < -0.39 is 17.7 Å². The Bertz CT molecular complexity index is 961. The molecule has 35 heavy (non-hydrogen) atoms. The lowest BCUT2D eigenvalue weighted by atomic mass is 9.99. The Balaban J connectivity index is 1.26. The lowest BCUT2D eigenvalue weighted by Gasteiger charge is -2.35. The highest BCUT2D eigenvalue weighted by Crippen LogP contribution is 2.31. The Labute approximate surface area is 210 Å². The van der Waals surface area contributed by atoms with Crippen molar-refractivity contribution in [3.05, 3.63) is 30.3 Å². The van der Waals surface area contributed by atoms with Crippen molar-refractivity contribution in [1.82, 2.24) is 20.2 Å². The van der Waals surface area contributed by atoms with E-state index in [0.29, 0.717) is 51.1 Å². The van der Waals surface area contributed by atoms with Gasteiger partial charge in [0.15, 0.2) is 0 Å². The van der Waals surface area contributed by atoms with Crippen molar-refractivity contribution in [3.63, 3.8) is 0 Å². The Kier molecular flexibility index (Phi) is 7.34. The predicted molar refractivity (Wildman–Crippen MR) is 130 cm³/mol. The molecule has 190 valence electrons. The number of ether oxygens (including phenoxy) is 2. The van der Waals surface area contributed by atoms with Gasteiger partial charge >= 0.3 is 17.4 Å². The van der Waals surface area contributed by atoms with Gasteiger partial charge in [0.1, 0.15) is 17.4 Å². The third-order valence-electron chi connectivity index (χ3n) is 6.24. The topological polar surface area (TPSA) is 101 Å². The summed E-state index contributed by atoms with van der Waals surface area (Å²) in [6, 6.07) is 7.73. The van der Waals surface area contributed by atoms with Crippen molar-refractivity contribution >= 4 is 35.5 Å². The van der Waals surface area contributed by atoms with Crippen molar-refractivity contribution in [2.45, 2.75) is 70.2 Å². The molecule has 1 N–H and O–H groups in total. The van der Waals surface area contributed by atoms with Crippen LogP contribution in [0.25, 0.3) is 0 Å². The third kappa shape index (κ3) is 6.14. The summed E-state index contributed by atoms with van der Waals surface area (Å²) in [6.45, 7) is 6.92. The molecule has 1 aromatic rings. The minimum Gasteiger partial charge on any atom is -0.444 e. The molecule has 2 bridgehead atoms. The second-order valence-electron chi connectivity index (χ2n) is 10.0. The van der Waals surface area contributed by atoms with Crippen LogP contribution >= 0.6 is 12.2 Å². The summed E-state index contributed by atoms with van der Waals surface area (Å²) in [5.41, 5.74) is -0.543. The van der Waals surface area contributed by atoms with Crippen LogP contribution in [0, 0.1) is 0 Å². The number of fused-ring (bicyclic) bond motifs is 2. The number of amides is 4. The van der Waals surface area contributed by atoms with Crippen LogP contribution < -0.4 is 10.1 Å². The summed E-state index contributed by atoms with van der Waals surface area (Å²) in [7, 11) is 0. The second-order valence-corrected chi connectivity index (χ2v) is 10.3. The van der Waals surface area contributed by atoms with E-state index in [-0.39, 0.29) is 29.3 Å². The Morgan fingerprint density at radius 2 is 1.74 bits per heavy atom. The summed E-state index contributed by atoms with van der Waals surface area (Å²) in [5.74, 6) is 0.333. The molecule has 11 heteroatoms. The summed E-state index contributed by atoms with van der Waals surface area (Å²) < 4.78 is 10.9. The smallest absolute Gasteiger partial charge is 0.410 e. The highest BCUT2D eigenvalue weighted by molar-refractivity contribution is 7.79. The van der Waals surface area contributed by atoms with E-state index in [0.717, 1.165) is 0 Å². The average Bonchev–Trinajstić information content (AvgIpc) is 3.03. The molecule has 2 atom stereocenters. The standard InChI is InChI=1S/C24H32N4O6S/c1-24(2,3)33-22(31)26-13-11-16(12-14-26)25-20(29)19-10-9-17-15-27(19)21(30)28(17)34-23(35)32-18-7-5-4-6-8-18/h4-8,16-17,19H,9-15H2,1-3H3,(H,25,29)/t17-,19+/m1/s1. The molecule has 0 spiro atoms. The lowest BCUT2D eigenvalue weighted by molar-refractivity contribution is -0.127. The number of nitrogens with one attached hydrogen (secondary N) is 1. The summed E-state index contributed by atoms with van der Waals surface area (Å²) in [6.07, 6.45) is 2.08.